The SMILES string of the molecule is COc1ccc2c(O[C@@H]3C[C@H]4C(=O)N[C@]5(C(=O)NS(=O)(=O)C6CC6)C[C@H]5/C=C\CC[C@H](C)C[C@@H](C)[C@H](N(C(=O)O)C(C)(C)C)C(=O)N4C3)nc(-c3ccc(OC)c(Cl)c3)cc2c1. The number of carbonyl (C=O) groups is 4. The molecular weight excluding hydrogens is 838 g/mol. The predicted octanol–water partition coefficient (Wildman–Crippen LogP) is 6.56. The second-order valence-corrected chi connectivity index (χ2v) is 20.6. The van der Waals surface area contributed by atoms with E-state index in [4.69, 9.17) is 30.8 Å². The average molecular weight is 894 g/mol. The first-order valence-corrected chi connectivity index (χ1v) is 23.1. The molecule has 1 aromatic heterocycles. The van der Waals surface area contributed by atoms with E-state index < -0.39 is 80.2 Å². The first-order valence-electron chi connectivity index (χ1n) is 21.1. The lowest BCUT2D eigenvalue weighted by Crippen LogP contribution is -2.62. The summed E-state index contributed by atoms with van der Waals surface area (Å²) in [6, 6.07) is 10.1. The number of methoxy groups -OCH3 is 2. The van der Waals surface area contributed by atoms with Crippen LogP contribution in [0, 0.1) is 17.8 Å². The van der Waals surface area contributed by atoms with Gasteiger partial charge in [-0.25, -0.2) is 18.2 Å². The van der Waals surface area contributed by atoms with Crippen LogP contribution in [0.2, 0.25) is 5.02 Å². The Morgan fingerprint density at radius 3 is 2.42 bits per heavy atom. The Hall–Kier alpha value is -5.09. The van der Waals surface area contributed by atoms with Crippen molar-refractivity contribution in [1.29, 1.82) is 0 Å². The van der Waals surface area contributed by atoms with Crippen LogP contribution >= 0.6 is 11.6 Å². The number of aromatic nitrogens is 1. The van der Waals surface area contributed by atoms with Gasteiger partial charge in [0.25, 0.3) is 5.91 Å². The van der Waals surface area contributed by atoms with E-state index in [0.717, 1.165) is 11.8 Å². The summed E-state index contributed by atoms with van der Waals surface area (Å²) < 4.78 is 45.9. The van der Waals surface area contributed by atoms with Gasteiger partial charge in [0, 0.05) is 28.8 Å². The molecule has 3 fully saturated rings. The summed E-state index contributed by atoms with van der Waals surface area (Å²) in [6.07, 6.45) is 4.55. The van der Waals surface area contributed by atoms with Crippen molar-refractivity contribution in [2.45, 2.75) is 114 Å². The van der Waals surface area contributed by atoms with E-state index >= 15 is 4.79 Å². The number of carbonyl (C=O) groups excluding carboxylic acids is 3. The number of allylic oxidation sites excluding steroid dienone is 1. The number of hydrogen-bond acceptors (Lipinski definition) is 10. The van der Waals surface area contributed by atoms with Crippen molar-refractivity contribution in [2.75, 3.05) is 20.8 Å². The minimum absolute atomic E-state index is 0.0475. The fourth-order valence-electron chi connectivity index (χ4n) is 9.02. The lowest BCUT2D eigenvalue weighted by molar-refractivity contribution is -0.146. The number of nitrogens with zero attached hydrogens (tertiary/aromatic N) is 3. The fourth-order valence-corrected chi connectivity index (χ4v) is 10.6. The topological polar surface area (TPSA) is 194 Å². The number of carboxylic acid groups (broad SMARTS) is 1. The monoisotopic (exact) mass is 893 g/mol. The van der Waals surface area contributed by atoms with Crippen LogP contribution < -0.4 is 24.2 Å². The van der Waals surface area contributed by atoms with Crippen LogP contribution in [0.25, 0.3) is 22.0 Å². The van der Waals surface area contributed by atoms with Crippen molar-refractivity contribution in [1.82, 2.24) is 24.8 Å². The summed E-state index contributed by atoms with van der Waals surface area (Å²) in [6.45, 7) is 8.98. The lowest BCUT2D eigenvalue weighted by Gasteiger charge is -2.43. The van der Waals surface area contributed by atoms with Gasteiger partial charge >= 0.3 is 6.09 Å². The first kappa shape index (κ1) is 44.9. The Labute approximate surface area is 367 Å². The van der Waals surface area contributed by atoms with Gasteiger partial charge < -0.3 is 29.5 Å². The highest BCUT2D eigenvalue weighted by Crippen LogP contribution is 2.46. The Balaban J connectivity index is 1.30. The number of rotatable bonds is 9. The van der Waals surface area contributed by atoms with Gasteiger partial charge in [-0.3, -0.25) is 24.0 Å². The summed E-state index contributed by atoms with van der Waals surface area (Å²) in [7, 11) is -0.871. The van der Waals surface area contributed by atoms with Gasteiger partial charge in [-0.1, -0.05) is 37.6 Å². The van der Waals surface area contributed by atoms with Gasteiger partial charge in [-0.15, -0.1) is 0 Å². The fraction of sp³-hybridized carbons (Fsp3) is 0.533. The number of halogens is 1. The molecule has 334 valence electrons. The van der Waals surface area contributed by atoms with Crippen molar-refractivity contribution in [3.63, 3.8) is 0 Å². The van der Waals surface area contributed by atoms with Crippen LogP contribution in [0.3, 0.4) is 0 Å². The molecular formula is C45H56ClN5O10S. The van der Waals surface area contributed by atoms with E-state index in [9.17, 15) is 27.9 Å². The highest BCUT2D eigenvalue weighted by Gasteiger charge is 2.62. The molecule has 7 atom stereocenters. The third kappa shape index (κ3) is 9.17. The zero-order valence-corrected chi connectivity index (χ0v) is 37.7. The maximum absolute atomic E-state index is 15.3. The smallest absolute Gasteiger partial charge is 0.408 e. The van der Waals surface area contributed by atoms with Gasteiger partial charge in [0.1, 0.15) is 35.2 Å². The number of sulfonamides is 1. The van der Waals surface area contributed by atoms with Crippen LogP contribution in [-0.2, 0) is 24.4 Å². The summed E-state index contributed by atoms with van der Waals surface area (Å²) in [5.74, 6) is -1.67. The van der Waals surface area contributed by atoms with Crippen LogP contribution in [0.15, 0.2) is 54.6 Å². The van der Waals surface area contributed by atoms with Crippen LogP contribution in [-0.4, -0.2) is 107 Å². The van der Waals surface area contributed by atoms with Crippen molar-refractivity contribution < 1.29 is 46.9 Å². The van der Waals surface area contributed by atoms with E-state index in [1.54, 1.807) is 52.1 Å². The molecule has 15 nitrogen and oxygen atoms in total. The largest absolute Gasteiger partial charge is 0.497 e. The Kier molecular flexibility index (Phi) is 12.5. The van der Waals surface area contributed by atoms with E-state index in [1.807, 2.05) is 37.3 Å². The number of ether oxygens (including phenoxy) is 3. The highest BCUT2D eigenvalue weighted by atomic mass is 35.5. The molecule has 2 aliphatic carbocycles. The number of amides is 4. The van der Waals surface area contributed by atoms with E-state index in [0.29, 0.717) is 58.8 Å². The molecule has 0 radical (unpaired) electrons. The molecule has 4 amide bonds. The molecule has 0 unspecified atom stereocenters. The molecule has 3 aromatic rings. The number of fused-ring (bicyclic) bond motifs is 3. The molecule has 2 aliphatic heterocycles. The van der Waals surface area contributed by atoms with Crippen LogP contribution in [0.4, 0.5) is 4.79 Å². The molecule has 1 saturated heterocycles. The summed E-state index contributed by atoms with van der Waals surface area (Å²) in [4.78, 5) is 64.6. The third-order valence-electron chi connectivity index (χ3n) is 12.5. The molecule has 4 aliphatic rings. The van der Waals surface area contributed by atoms with E-state index in [-0.39, 0.29) is 31.2 Å². The van der Waals surface area contributed by atoms with Crippen LogP contribution in [0.1, 0.15) is 79.6 Å². The summed E-state index contributed by atoms with van der Waals surface area (Å²) in [5.41, 5.74) is -1.40. The molecule has 62 heavy (non-hydrogen) atoms. The second kappa shape index (κ2) is 17.2. The molecule has 7 rings (SSSR count). The van der Waals surface area contributed by atoms with Gasteiger partial charge in [0.15, 0.2) is 0 Å². The number of hydrogen-bond donors (Lipinski definition) is 3. The highest BCUT2D eigenvalue weighted by molar-refractivity contribution is 7.91. The van der Waals surface area contributed by atoms with Crippen LogP contribution in [0.5, 0.6) is 17.4 Å². The minimum atomic E-state index is -3.95. The molecule has 2 saturated carbocycles. The Morgan fingerprint density at radius 2 is 1.77 bits per heavy atom. The average Bonchev–Trinajstić information content (AvgIpc) is 4.14. The number of pyridine rings is 1. The Bertz CT molecular complexity index is 2400. The van der Waals surface area contributed by atoms with Gasteiger partial charge in [0.2, 0.25) is 27.7 Å². The molecule has 3 N–H and O–H groups in total. The standard InChI is InChI=1S/C45H56ClN5O10S/c1-25-10-8-9-11-29-23-45(29,42(54)49-62(57,58)32-14-15-32)48-39(52)36-22-31(24-50(36)41(53)38(26(2)18-25)51(43(55)56)44(3,4)5)61-40-33-16-13-30(59-6)19-28(33)21-35(47-40)27-12-17-37(60-7)34(46)20-27/h9,11-13,16-17,19-21,25-26,29,31-32,36,38H,8,10,14-15,18,22-24H2,1-7H3,(H,48,52)(H,49,54)(H,55,56)/b11-9-/t25-,26+,29+,31+,36-,38-,45+/m0/s1. The summed E-state index contributed by atoms with van der Waals surface area (Å²) >= 11 is 6.53. The Morgan fingerprint density at radius 1 is 1.03 bits per heavy atom. The predicted molar refractivity (Wildman–Crippen MR) is 234 cm³/mol. The van der Waals surface area contributed by atoms with Crippen molar-refractivity contribution in [3.8, 4) is 28.6 Å². The molecule has 17 heteroatoms. The number of benzene rings is 2. The molecule has 3 heterocycles. The maximum Gasteiger partial charge on any atom is 0.408 e. The van der Waals surface area contributed by atoms with Gasteiger partial charge in [-0.05, 0) is 119 Å². The minimum Gasteiger partial charge on any atom is -0.497 e. The van der Waals surface area contributed by atoms with Gasteiger partial charge in [-0.2, -0.15) is 0 Å². The first-order chi connectivity index (χ1) is 29.3. The zero-order valence-electron chi connectivity index (χ0n) is 36.1. The zero-order chi connectivity index (χ0) is 44.9. The molecule has 0 bridgehead atoms. The quantitative estimate of drug-likeness (QED) is 0.197. The van der Waals surface area contributed by atoms with Crippen molar-refractivity contribution in [3.05, 3.63) is 59.6 Å². The molecule has 0 spiro atoms. The molecule has 2 aromatic carbocycles. The normalized spacial score (nSPS) is 27.5. The van der Waals surface area contributed by atoms with Crippen molar-refractivity contribution >= 4 is 56.2 Å². The third-order valence-corrected chi connectivity index (χ3v) is 14.6. The number of nitrogens with one attached hydrogen (secondary N) is 2. The maximum atomic E-state index is 15.3. The van der Waals surface area contributed by atoms with Crippen molar-refractivity contribution in [2.24, 2.45) is 17.8 Å². The van der Waals surface area contributed by atoms with E-state index in [2.05, 4.69) is 17.0 Å². The lowest BCUT2D eigenvalue weighted by atomic mass is 9.85. The second-order valence-electron chi connectivity index (χ2n) is 18.3. The van der Waals surface area contributed by atoms with E-state index in [1.165, 1.54) is 16.9 Å². The summed E-state index contributed by atoms with van der Waals surface area (Å²) in [5, 5.41) is 14.7. The van der Waals surface area contributed by atoms with Gasteiger partial charge in [0.05, 0.1) is 36.7 Å².